The second-order valence-corrected chi connectivity index (χ2v) is 7.34. The van der Waals surface area contributed by atoms with Crippen LogP contribution in [0.4, 0.5) is 25.2 Å². The van der Waals surface area contributed by atoms with Crippen LogP contribution in [0.1, 0.15) is 44.2 Å². The lowest BCUT2D eigenvalue weighted by atomic mass is 10.0. The minimum absolute atomic E-state index is 0.112. The number of hydrogen-bond acceptors (Lipinski definition) is 7. The number of carbonyl (C=O) groups is 1. The normalized spacial score (nSPS) is 26.9. The first kappa shape index (κ1) is 19.3. The number of nitrogens with one attached hydrogen (secondary N) is 3. The smallest absolute Gasteiger partial charge is 0.407 e. The monoisotopic (exact) mass is 408 g/mol. The molecule has 2 aromatic rings. The van der Waals surface area contributed by atoms with Gasteiger partial charge < -0.3 is 20.1 Å². The average Bonchev–Trinajstić information content (AvgIpc) is 3.30. The van der Waals surface area contributed by atoms with E-state index in [1.54, 1.807) is 0 Å². The molecule has 3 atom stereocenters. The molecule has 29 heavy (non-hydrogen) atoms. The van der Waals surface area contributed by atoms with Crippen molar-refractivity contribution in [3.63, 3.8) is 0 Å². The fourth-order valence-corrected chi connectivity index (χ4v) is 3.52. The minimum atomic E-state index is -3.17. The van der Waals surface area contributed by atoms with Gasteiger partial charge in [-0.2, -0.15) is 10.1 Å². The molecule has 11 heteroatoms. The molecule has 0 spiro atoms. The van der Waals surface area contributed by atoms with E-state index in [1.807, 2.05) is 6.07 Å². The van der Waals surface area contributed by atoms with Gasteiger partial charge in [0.25, 0.3) is 5.92 Å². The summed E-state index contributed by atoms with van der Waals surface area (Å²) in [5.41, 5.74) is 0.903. The second-order valence-electron chi connectivity index (χ2n) is 7.34. The number of carbonyl (C=O) groups excluding carboxylic acids is 1. The van der Waals surface area contributed by atoms with E-state index < -0.39 is 24.5 Å². The van der Waals surface area contributed by atoms with Crippen molar-refractivity contribution in [3.05, 3.63) is 24.2 Å². The number of ether oxygens (including phenoxy) is 2. The molecule has 9 nitrogen and oxygen atoms in total. The fraction of sp³-hybridized carbons (Fsp3) is 0.556. The van der Waals surface area contributed by atoms with Crippen LogP contribution in [0.3, 0.4) is 0 Å². The number of alkyl carbamates (subject to hydrolysis) is 1. The molecule has 1 aliphatic carbocycles. The molecule has 0 unspecified atom stereocenters. The minimum Gasteiger partial charge on any atom is -0.476 e. The molecule has 1 fully saturated rings. The summed E-state index contributed by atoms with van der Waals surface area (Å²) in [6, 6.07) is 0.470. The topological polar surface area (TPSA) is 114 Å². The molecule has 0 aromatic carbocycles. The Morgan fingerprint density at radius 2 is 2.10 bits per heavy atom. The molecule has 3 N–H and O–H groups in total. The Bertz CT molecular complexity index is 877. The molecule has 4 rings (SSSR count). The lowest BCUT2D eigenvalue weighted by Gasteiger charge is -2.25. The number of halogens is 2. The van der Waals surface area contributed by atoms with Gasteiger partial charge in [0.05, 0.1) is 25.0 Å². The van der Waals surface area contributed by atoms with Crippen LogP contribution in [0.5, 0.6) is 5.88 Å². The Morgan fingerprint density at radius 3 is 2.97 bits per heavy atom. The van der Waals surface area contributed by atoms with Crippen molar-refractivity contribution in [2.75, 3.05) is 11.9 Å². The van der Waals surface area contributed by atoms with Crippen LogP contribution in [0.25, 0.3) is 0 Å². The third-order valence-corrected chi connectivity index (χ3v) is 5.22. The maximum absolute atomic E-state index is 14.3. The van der Waals surface area contributed by atoms with Crippen LogP contribution in [-0.2, 0) is 4.74 Å². The van der Waals surface area contributed by atoms with Crippen molar-refractivity contribution in [2.45, 2.75) is 56.6 Å². The van der Waals surface area contributed by atoms with Crippen LogP contribution < -0.4 is 15.4 Å². The van der Waals surface area contributed by atoms with Gasteiger partial charge in [-0.25, -0.2) is 13.6 Å². The third kappa shape index (κ3) is 4.54. The Labute approximate surface area is 165 Å². The number of rotatable bonds is 0. The van der Waals surface area contributed by atoms with Gasteiger partial charge in [0.2, 0.25) is 5.88 Å². The first-order valence-electron chi connectivity index (χ1n) is 9.51. The molecule has 2 aromatic heterocycles. The summed E-state index contributed by atoms with van der Waals surface area (Å²) in [6.45, 7) is 0.955. The molecule has 3 heterocycles. The number of alkyl halides is 2. The van der Waals surface area contributed by atoms with Crippen molar-refractivity contribution in [1.82, 2.24) is 25.5 Å². The van der Waals surface area contributed by atoms with Gasteiger partial charge in [-0.05, 0) is 26.2 Å². The van der Waals surface area contributed by atoms with Crippen LogP contribution >= 0.6 is 0 Å². The molecule has 0 radical (unpaired) electrons. The van der Waals surface area contributed by atoms with Crippen molar-refractivity contribution in [1.29, 1.82) is 0 Å². The van der Waals surface area contributed by atoms with Gasteiger partial charge in [0, 0.05) is 24.1 Å². The number of hydrogen-bond donors (Lipinski definition) is 3. The fourth-order valence-electron chi connectivity index (χ4n) is 3.52. The van der Waals surface area contributed by atoms with Crippen molar-refractivity contribution < 1.29 is 23.0 Å². The molecular weight excluding hydrogens is 386 g/mol. The predicted octanol–water partition coefficient (Wildman–Crippen LogP) is 3.11. The standard InChI is InChI=1S/C18H22F2N6O3/c1-10-18(19,20)4-5-28-16-9-21-8-15(24-16)23-14-7-13(25-26-14)11-2-3-12(6-11)29-17(27)22-10/h7-12H,2-6H2,1H3,(H,22,27)(H2,23,24,25,26)/t10-,11-,12+/m0/s1. The van der Waals surface area contributed by atoms with Gasteiger partial charge in [0.15, 0.2) is 11.6 Å². The zero-order chi connectivity index (χ0) is 20.4. The number of H-pyrrole nitrogens is 1. The van der Waals surface area contributed by atoms with Crippen molar-refractivity contribution >= 4 is 17.7 Å². The van der Waals surface area contributed by atoms with E-state index >= 15 is 0 Å². The zero-order valence-corrected chi connectivity index (χ0v) is 15.8. The molecule has 1 amide bonds. The van der Waals surface area contributed by atoms with E-state index in [4.69, 9.17) is 9.47 Å². The van der Waals surface area contributed by atoms with Crippen molar-refractivity contribution in [3.8, 4) is 5.88 Å². The number of amides is 1. The highest BCUT2D eigenvalue weighted by Crippen LogP contribution is 2.36. The number of fused-ring (bicyclic) bond motifs is 7. The van der Waals surface area contributed by atoms with Gasteiger partial charge in [0.1, 0.15) is 6.10 Å². The summed E-state index contributed by atoms with van der Waals surface area (Å²) >= 11 is 0. The number of anilines is 2. The lowest BCUT2D eigenvalue weighted by Crippen LogP contribution is -2.47. The third-order valence-electron chi connectivity index (χ3n) is 5.22. The first-order valence-corrected chi connectivity index (χ1v) is 9.51. The van der Waals surface area contributed by atoms with E-state index in [2.05, 4.69) is 30.8 Å². The maximum atomic E-state index is 14.3. The summed E-state index contributed by atoms with van der Waals surface area (Å²) in [4.78, 5) is 20.3. The van der Waals surface area contributed by atoms with Gasteiger partial charge in [-0.1, -0.05) is 0 Å². The van der Waals surface area contributed by atoms with E-state index in [1.165, 1.54) is 19.3 Å². The molecule has 6 bridgehead atoms. The quantitative estimate of drug-likeness (QED) is 0.614. The van der Waals surface area contributed by atoms with Crippen LogP contribution in [0.15, 0.2) is 18.5 Å². The first-order chi connectivity index (χ1) is 13.9. The summed E-state index contributed by atoms with van der Waals surface area (Å²) in [5, 5.41) is 12.5. The Hall–Kier alpha value is -2.98. The second kappa shape index (κ2) is 7.80. The van der Waals surface area contributed by atoms with Crippen LogP contribution in [0, 0.1) is 0 Å². The van der Waals surface area contributed by atoms with E-state index in [0.29, 0.717) is 24.5 Å². The summed E-state index contributed by atoms with van der Waals surface area (Å²) in [6.07, 6.45) is 3.13. The van der Waals surface area contributed by atoms with Crippen LogP contribution in [-0.4, -0.2) is 50.9 Å². The molecule has 1 aliphatic heterocycles. The number of aromatic nitrogens is 4. The molecule has 2 aliphatic rings. The predicted molar refractivity (Wildman–Crippen MR) is 98.4 cm³/mol. The molecule has 1 saturated carbocycles. The SMILES string of the molecule is C[C@@H]1NC(=O)O[C@@H]2CC[C@@H](C2)c2cc(n[nH]2)Nc2cncc(n2)OCCC1(F)F. The Balaban J connectivity index is 1.56. The van der Waals surface area contributed by atoms with E-state index in [0.717, 1.165) is 12.1 Å². The van der Waals surface area contributed by atoms with E-state index in [9.17, 15) is 13.6 Å². The highest BCUT2D eigenvalue weighted by Gasteiger charge is 2.38. The molecule has 156 valence electrons. The van der Waals surface area contributed by atoms with Crippen LogP contribution in [0.2, 0.25) is 0 Å². The molecular formula is C18H22F2N6O3. The van der Waals surface area contributed by atoms with Crippen molar-refractivity contribution in [2.24, 2.45) is 0 Å². The van der Waals surface area contributed by atoms with E-state index in [-0.39, 0.29) is 24.5 Å². The lowest BCUT2D eigenvalue weighted by molar-refractivity contribution is -0.0485. The summed E-state index contributed by atoms with van der Waals surface area (Å²) in [7, 11) is 0. The molecule has 0 saturated heterocycles. The highest BCUT2D eigenvalue weighted by atomic mass is 19.3. The Kier molecular flexibility index (Phi) is 5.20. The number of aromatic amines is 1. The Morgan fingerprint density at radius 1 is 1.24 bits per heavy atom. The zero-order valence-electron chi connectivity index (χ0n) is 15.8. The highest BCUT2D eigenvalue weighted by molar-refractivity contribution is 5.68. The van der Waals surface area contributed by atoms with Gasteiger partial charge >= 0.3 is 6.09 Å². The van der Waals surface area contributed by atoms with Gasteiger partial charge in [-0.15, -0.1) is 0 Å². The summed E-state index contributed by atoms with van der Waals surface area (Å²) in [5.74, 6) is -1.98. The number of nitrogens with zero attached hydrogens (tertiary/aromatic N) is 3. The maximum Gasteiger partial charge on any atom is 0.407 e. The summed E-state index contributed by atoms with van der Waals surface area (Å²) < 4.78 is 39.4. The average molecular weight is 408 g/mol. The largest absolute Gasteiger partial charge is 0.476 e. The van der Waals surface area contributed by atoms with Gasteiger partial charge in [-0.3, -0.25) is 10.1 Å².